The lowest BCUT2D eigenvalue weighted by molar-refractivity contribution is -0.168. The molecule has 1 aliphatic heterocycles. The molecule has 3 rings (SSSR count). The quantitative estimate of drug-likeness (QED) is 0.594. The standard InChI is InChI=1S/C26H44N2O3/c1-25(2)21-17-18-26(25,3)24(31)28(23(21)30)19-13-16-22(29)27-20-14-11-9-7-5-4-6-8-10-12-15-20/h20-21H,4-19H2,1-3H3,(H,27,29). The number of piperidine rings is 1. The van der Waals surface area contributed by atoms with Crippen molar-refractivity contribution >= 4 is 17.7 Å². The monoisotopic (exact) mass is 432 g/mol. The van der Waals surface area contributed by atoms with Crippen molar-refractivity contribution in [3.05, 3.63) is 0 Å². The molecule has 1 saturated heterocycles. The Morgan fingerprint density at radius 2 is 1.45 bits per heavy atom. The van der Waals surface area contributed by atoms with Crippen LogP contribution in [0.25, 0.3) is 0 Å². The van der Waals surface area contributed by atoms with Crippen molar-refractivity contribution in [2.45, 2.75) is 123 Å². The van der Waals surface area contributed by atoms with E-state index in [9.17, 15) is 14.4 Å². The first-order chi connectivity index (χ1) is 14.8. The van der Waals surface area contributed by atoms with E-state index in [-0.39, 0.29) is 35.1 Å². The molecule has 2 aliphatic carbocycles. The first-order valence-electron chi connectivity index (χ1n) is 12.9. The molecular weight excluding hydrogens is 388 g/mol. The van der Waals surface area contributed by atoms with Crippen LogP contribution in [0.2, 0.25) is 0 Å². The average Bonchev–Trinajstić information content (AvgIpc) is 2.90. The summed E-state index contributed by atoms with van der Waals surface area (Å²) in [5, 5.41) is 3.25. The van der Waals surface area contributed by atoms with Gasteiger partial charge in [-0.2, -0.15) is 0 Å². The lowest BCUT2D eigenvalue weighted by Crippen LogP contribution is -2.59. The van der Waals surface area contributed by atoms with E-state index in [0.29, 0.717) is 19.4 Å². The van der Waals surface area contributed by atoms with Crippen molar-refractivity contribution in [2.24, 2.45) is 16.7 Å². The SMILES string of the molecule is CC12CCC(C(=O)N(CCCC(=O)NC3CCCCCCCCCCC3)C1=O)C2(C)C. The Hall–Kier alpha value is -1.39. The summed E-state index contributed by atoms with van der Waals surface area (Å²) < 4.78 is 0. The summed E-state index contributed by atoms with van der Waals surface area (Å²) in [4.78, 5) is 40.1. The van der Waals surface area contributed by atoms with Crippen LogP contribution in [-0.2, 0) is 14.4 Å². The molecule has 5 nitrogen and oxygen atoms in total. The molecule has 176 valence electrons. The van der Waals surface area contributed by atoms with Crippen LogP contribution < -0.4 is 5.32 Å². The smallest absolute Gasteiger partial charge is 0.235 e. The molecule has 3 aliphatic rings. The highest BCUT2D eigenvalue weighted by Gasteiger charge is 2.64. The predicted molar refractivity (Wildman–Crippen MR) is 123 cm³/mol. The highest BCUT2D eigenvalue weighted by Crippen LogP contribution is 2.60. The van der Waals surface area contributed by atoms with E-state index in [4.69, 9.17) is 0 Å². The molecule has 0 aromatic rings. The fourth-order valence-electron chi connectivity index (χ4n) is 6.12. The highest BCUT2D eigenvalue weighted by molar-refractivity contribution is 6.03. The van der Waals surface area contributed by atoms with Crippen LogP contribution in [0.15, 0.2) is 0 Å². The summed E-state index contributed by atoms with van der Waals surface area (Å²) >= 11 is 0. The van der Waals surface area contributed by atoms with Crippen molar-refractivity contribution in [1.82, 2.24) is 10.2 Å². The first-order valence-corrected chi connectivity index (χ1v) is 12.9. The normalized spacial score (nSPS) is 30.5. The van der Waals surface area contributed by atoms with Gasteiger partial charge in [-0.1, -0.05) is 78.6 Å². The molecule has 5 heteroatoms. The maximum atomic E-state index is 13.1. The third-order valence-electron chi connectivity index (χ3n) is 8.76. The molecular formula is C26H44N2O3. The van der Waals surface area contributed by atoms with Crippen molar-refractivity contribution in [3.8, 4) is 0 Å². The predicted octanol–water partition coefficient (Wildman–Crippen LogP) is 5.37. The fourth-order valence-corrected chi connectivity index (χ4v) is 6.12. The van der Waals surface area contributed by atoms with Crippen molar-refractivity contribution in [1.29, 1.82) is 0 Å². The van der Waals surface area contributed by atoms with Crippen LogP contribution in [-0.4, -0.2) is 35.2 Å². The summed E-state index contributed by atoms with van der Waals surface area (Å²) in [6, 6.07) is 0.278. The molecule has 0 spiro atoms. The van der Waals surface area contributed by atoms with E-state index in [1.807, 2.05) is 6.92 Å². The topological polar surface area (TPSA) is 66.5 Å². The largest absolute Gasteiger partial charge is 0.353 e. The molecule has 2 bridgehead atoms. The van der Waals surface area contributed by atoms with Gasteiger partial charge in [0.05, 0.1) is 5.41 Å². The van der Waals surface area contributed by atoms with Crippen LogP contribution in [0.1, 0.15) is 117 Å². The van der Waals surface area contributed by atoms with Gasteiger partial charge in [-0.25, -0.2) is 0 Å². The molecule has 1 heterocycles. The second-order valence-corrected chi connectivity index (χ2v) is 11.1. The third-order valence-corrected chi connectivity index (χ3v) is 8.76. The van der Waals surface area contributed by atoms with Crippen LogP contribution in [0.5, 0.6) is 0 Å². The summed E-state index contributed by atoms with van der Waals surface area (Å²) in [5.74, 6) is -0.0514. The van der Waals surface area contributed by atoms with Crippen LogP contribution in [0, 0.1) is 16.7 Å². The highest BCUT2D eigenvalue weighted by atomic mass is 16.2. The summed E-state index contributed by atoms with van der Waals surface area (Å²) in [5.41, 5.74) is -0.732. The Bertz CT molecular complexity index is 647. The first kappa shape index (κ1) is 24.3. The van der Waals surface area contributed by atoms with E-state index >= 15 is 0 Å². The number of carbonyl (C=O) groups is 3. The Balaban J connectivity index is 1.46. The summed E-state index contributed by atoms with van der Waals surface area (Å²) in [7, 11) is 0. The number of imide groups is 1. The van der Waals surface area contributed by atoms with Gasteiger partial charge in [0.25, 0.3) is 0 Å². The minimum atomic E-state index is -0.457. The van der Waals surface area contributed by atoms with E-state index in [1.165, 1.54) is 62.7 Å². The van der Waals surface area contributed by atoms with Crippen molar-refractivity contribution in [2.75, 3.05) is 6.54 Å². The Labute approximate surface area is 189 Å². The van der Waals surface area contributed by atoms with Gasteiger partial charge in [0.1, 0.15) is 0 Å². The number of amides is 3. The minimum Gasteiger partial charge on any atom is -0.353 e. The lowest BCUT2D eigenvalue weighted by atomic mass is 9.62. The second kappa shape index (κ2) is 10.5. The van der Waals surface area contributed by atoms with Crippen LogP contribution in [0.4, 0.5) is 0 Å². The maximum Gasteiger partial charge on any atom is 0.235 e. The third kappa shape index (κ3) is 5.34. The molecule has 3 amide bonds. The van der Waals surface area contributed by atoms with Gasteiger partial charge < -0.3 is 5.32 Å². The van der Waals surface area contributed by atoms with E-state index < -0.39 is 5.41 Å². The summed E-state index contributed by atoms with van der Waals surface area (Å²) in [6.45, 7) is 6.52. The van der Waals surface area contributed by atoms with E-state index in [2.05, 4.69) is 19.2 Å². The number of carbonyl (C=O) groups excluding carboxylic acids is 3. The van der Waals surface area contributed by atoms with E-state index in [0.717, 1.165) is 25.7 Å². The molecule has 0 aromatic carbocycles. The average molecular weight is 433 g/mol. The van der Waals surface area contributed by atoms with Gasteiger partial charge >= 0.3 is 0 Å². The van der Waals surface area contributed by atoms with E-state index in [1.54, 1.807) is 0 Å². The van der Waals surface area contributed by atoms with Crippen molar-refractivity contribution < 1.29 is 14.4 Å². The van der Waals surface area contributed by atoms with Crippen LogP contribution >= 0.6 is 0 Å². The number of likely N-dealkylation sites (tertiary alicyclic amines) is 1. The number of hydrogen-bond acceptors (Lipinski definition) is 3. The van der Waals surface area contributed by atoms with Gasteiger partial charge in [-0.15, -0.1) is 0 Å². The second-order valence-electron chi connectivity index (χ2n) is 11.1. The Morgan fingerprint density at radius 1 is 0.903 bits per heavy atom. The molecule has 1 N–H and O–H groups in total. The molecule has 2 unspecified atom stereocenters. The van der Waals surface area contributed by atoms with Crippen LogP contribution in [0.3, 0.4) is 0 Å². The lowest BCUT2D eigenvalue weighted by Gasteiger charge is -2.47. The van der Waals surface area contributed by atoms with Crippen molar-refractivity contribution in [3.63, 3.8) is 0 Å². The zero-order valence-corrected chi connectivity index (χ0v) is 20.1. The number of hydrogen-bond donors (Lipinski definition) is 1. The molecule has 2 saturated carbocycles. The number of nitrogens with zero attached hydrogens (tertiary/aromatic N) is 1. The zero-order chi connectivity index (χ0) is 22.5. The maximum absolute atomic E-state index is 13.1. The summed E-state index contributed by atoms with van der Waals surface area (Å²) in [6.07, 6.45) is 16.3. The number of fused-ring (bicyclic) bond motifs is 2. The molecule has 31 heavy (non-hydrogen) atoms. The number of rotatable bonds is 5. The zero-order valence-electron chi connectivity index (χ0n) is 20.1. The van der Waals surface area contributed by atoms with Gasteiger partial charge in [0, 0.05) is 24.9 Å². The minimum absolute atomic E-state index is 0.0234. The van der Waals surface area contributed by atoms with Gasteiger partial charge in [0.2, 0.25) is 17.7 Å². The molecule has 0 aromatic heterocycles. The Morgan fingerprint density at radius 3 is 2.03 bits per heavy atom. The van der Waals surface area contributed by atoms with Gasteiger partial charge in [0.15, 0.2) is 0 Å². The Kier molecular flexibility index (Phi) is 8.20. The molecule has 2 atom stereocenters. The van der Waals surface area contributed by atoms with Gasteiger partial charge in [-0.05, 0) is 37.5 Å². The molecule has 3 fully saturated rings. The molecule has 0 radical (unpaired) electrons. The fraction of sp³-hybridized carbons (Fsp3) is 0.885. The number of nitrogens with one attached hydrogen (secondary N) is 1. The van der Waals surface area contributed by atoms with Gasteiger partial charge in [-0.3, -0.25) is 19.3 Å².